The van der Waals surface area contributed by atoms with Crippen LogP contribution in [0.1, 0.15) is 0 Å². The normalized spacial score (nSPS) is 10.1. The summed E-state index contributed by atoms with van der Waals surface area (Å²) in [4.78, 5) is 16.0. The lowest BCUT2D eigenvalue weighted by Crippen LogP contribution is -1.99. The van der Waals surface area contributed by atoms with Gasteiger partial charge >= 0.3 is 0 Å². The third-order valence-electron chi connectivity index (χ3n) is 1.74. The molecule has 0 spiro atoms. The number of rotatable bonds is 3. The predicted octanol–water partition coefficient (Wildman–Crippen LogP) is 1.01. The Labute approximate surface area is 96.3 Å². The average Bonchev–Trinajstić information content (AvgIpc) is 2.31. The van der Waals surface area contributed by atoms with Crippen molar-refractivity contribution in [2.45, 2.75) is 10.1 Å². The number of nitrogens with zero attached hydrogens (tertiary/aromatic N) is 4. The molecule has 2 aromatic heterocycles. The molecule has 0 saturated heterocycles. The second-order valence-electron chi connectivity index (χ2n) is 2.74. The van der Waals surface area contributed by atoms with Gasteiger partial charge in [0, 0.05) is 12.4 Å². The Bertz CT molecular complexity index is 479. The van der Waals surface area contributed by atoms with Gasteiger partial charge in [-0.3, -0.25) is 4.98 Å². The van der Waals surface area contributed by atoms with Crippen molar-refractivity contribution in [1.82, 2.24) is 19.9 Å². The predicted molar refractivity (Wildman–Crippen MR) is 59.2 cm³/mol. The molecule has 0 unspecified atom stereocenters. The van der Waals surface area contributed by atoms with Crippen LogP contribution < -0.4 is 10.5 Å². The molecule has 0 atom stereocenters. The lowest BCUT2D eigenvalue weighted by molar-refractivity contribution is 0.401. The Hall–Kier alpha value is -1.89. The Balaban J connectivity index is 2.31. The zero-order chi connectivity index (χ0) is 11.4. The molecule has 2 heterocycles. The summed E-state index contributed by atoms with van der Waals surface area (Å²) in [5.41, 5.74) is 5.66. The standard InChI is InChI=1S/C9H9N5OS/c1-15-7-8(10)13-5-14-9(7)16-6-4-11-2-3-12-6/h2-5H,1H3,(H2,10,13,14). The summed E-state index contributed by atoms with van der Waals surface area (Å²) in [6, 6.07) is 0. The fraction of sp³-hybridized carbons (Fsp3) is 0.111. The van der Waals surface area contributed by atoms with Crippen LogP contribution in [0.4, 0.5) is 5.82 Å². The first-order valence-electron chi connectivity index (χ1n) is 4.39. The minimum absolute atomic E-state index is 0.309. The van der Waals surface area contributed by atoms with Gasteiger partial charge in [-0.15, -0.1) is 0 Å². The van der Waals surface area contributed by atoms with E-state index in [-0.39, 0.29) is 0 Å². The van der Waals surface area contributed by atoms with Crippen molar-refractivity contribution in [3.05, 3.63) is 24.9 Å². The molecular weight excluding hydrogens is 226 g/mol. The molecule has 0 bridgehead atoms. The van der Waals surface area contributed by atoms with Crippen LogP contribution in [0.15, 0.2) is 35.0 Å². The quantitative estimate of drug-likeness (QED) is 0.794. The molecule has 2 aromatic rings. The van der Waals surface area contributed by atoms with Crippen LogP contribution in [0.25, 0.3) is 0 Å². The highest BCUT2D eigenvalue weighted by atomic mass is 32.2. The average molecular weight is 235 g/mol. The first-order chi connectivity index (χ1) is 7.81. The molecule has 6 nitrogen and oxygen atoms in total. The van der Waals surface area contributed by atoms with Crippen molar-refractivity contribution < 1.29 is 4.74 Å². The minimum atomic E-state index is 0.309. The lowest BCUT2D eigenvalue weighted by atomic mass is 10.5. The van der Waals surface area contributed by atoms with E-state index in [1.807, 2.05) is 0 Å². The summed E-state index contributed by atoms with van der Waals surface area (Å²) in [5.74, 6) is 0.766. The molecule has 7 heteroatoms. The maximum absolute atomic E-state index is 5.66. The van der Waals surface area contributed by atoms with E-state index in [9.17, 15) is 0 Å². The SMILES string of the molecule is COc1c(N)ncnc1Sc1cnccn1. The van der Waals surface area contributed by atoms with Crippen LogP contribution in [-0.4, -0.2) is 27.0 Å². The third kappa shape index (κ3) is 2.19. The highest BCUT2D eigenvalue weighted by molar-refractivity contribution is 7.99. The van der Waals surface area contributed by atoms with Gasteiger partial charge in [-0.05, 0) is 11.8 Å². The number of ether oxygens (including phenoxy) is 1. The molecule has 0 aliphatic heterocycles. The van der Waals surface area contributed by atoms with Gasteiger partial charge in [-0.2, -0.15) is 0 Å². The van der Waals surface area contributed by atoms with Crippen molar-refractivity contribution in [3.63, 3.8) is 0 Å². The maximum Gasteiger partial charge on any atom is 0.193 e. The summed E-state index contributed by atoms with van der Waals surface area (Å²) in [5, 5.41) is 1.34. The Kier molecular flexibility index (Phi) is 3.16. The molecule has 0 aliphatic rings. The van der Waals surface area contributed by atoms with Gasteiger partial charge in [0.25, 0.3) is 0 Å². The van der Waals surface area contributed by atoms with Gasteiger partial charge in [-0.1, -0.05) is 0 Å². The molecule has 82 valence electrons. The van der Waals surface area contributed by atoms with Gasteiger partial charge in [0.05, 0.1) is 13.3 Å². The van der Waals surface area contributed by atoms with Crippen molar-refractivity contribution in [2.24, 2.45) is 0 Å². The lowest BCUT2D eigenvalue weighted by Gasteiger charge is -2.07. The second-order valence-corrected chi connectivity index (χ2v) is 3.75. The Morgan fingerprint density at radius 3 is 2.81 bits per heavy atom. The third-order valence-corrected chi connectivity index (χ3v) is 2.65. The minimum Gasteiger partial charge on any atom is -0.490 e. The zero-order valence-electron chi connectivity index (χ0n) is 8.49. The molecule has 16 heavy (non-hydrogen) atoms. The van der Waals surface area contributed by atoms with E-state index < -0.39 is 0 Å². The maximum atomic E-state index is 5.66. The fourth-order valence-corrected chi connectivity index (χ4v) is 1.88. The van der Waals surface area contributed by atoms with Gasteiger partial charge in [0.15, 0.2) is 16.6 Å². The molecule has 0 saturated carbocycles. The molecule has 0 aliphatic carbocycles. The van der Waals surface area contributed by atoms with E-state index in [1.165, 1.54) is 25.2 Å². The number of hydrogen-bond donors (Lipinski definition) is 1. The zero-order valence-corrected chi connectivity index (χ0v) is 9.31. The highest BCUT2D eigenvalue weighted by Gasteiger charge is 2.11. The van der Waals surface area contributed by atoms with Crippen LogP contribution in [0.5, 0.6) is 5.75 Å². The van der Waals surface area contributed by atoms with E-state index in [4.69, 9.17) is 10.5 Å². The van der Waals surface area contributed by atoms with Crippen molar-refractivity contribution in [3.8, 4) is 5.75 Å². The van der Waals surface area contributed by atoms with E-state index >= 15 is 0 Å². The molecular formula is C9H9N5OS. The second kappa shape index (κ2) is 4.75. The number of nitrogens with two attached hydrogens (primary N) is 1. The Morgan fingerprint density at radius 1 is 1.25 bits per heavy atom. The van der Waals surface area contributed by atoms with Crippen LogP contribution in [-0.2, 0) is 0 Å². The van der Waals surface area contributed by atoms with Crippen molar-refractivity contribution in [2.75, 3.05) is 12.8 Å². The van der Waals surface area contributed by atoms with Gasteiger partial charge in [0.2, 0.25) is 0 Å². The number of nitrogen functional groups attached to an aromatic ring is 1. The summed E-state index contributed by atoms with van der Waals surface area (Å²) >= 11 is 1.32. The monoisotopic (exact) mass is 235 g/mol. The molecule has 0 aromatic carbocycles. The van der Waals surface area contributed by atoms with Crippen LogP contribution >= 0.6 is 11.8 Å². The fourth-order valence-electron chi connectivity index (χ4n) is 1.07. The van der Waals surface area contributed by atoms with E-state index in [0.29, 0.717) is 16.6 Å². The largest absolute Gasteiger partial charge is 0.490 e. The summed E-state index contributed by atoms with van der Waals surface area (Å²) < 4.78 is 5.13. The van der Waals surface area contributed by atoms with Gasteiger partial charge in [-0.25, -0.2) is 15.0 Å². The van der Waals surface area contributed by atoms with E-state index in [0.717, 1.165) is 5.03 Å². The smallest absolute Gasteiger partial charge is 0.193 e. The molecule has 0 amide bonds. The van der Waals surface area contributed by atoms with Gasteiger partial charge < -0.3 is 10.5 Å². The molecule has 0 radical (unpaired) electrons. The molecule has 0 fully saturated rings. The highest BCUT2D eigenvalue weighted by Crippen LogP contribution is 2.33. The summed E-state index contributed by atoms with van der Waals surface area (Å²) in [6.45, 7) is 0. The first-order valence-corrected chi connectivity index (χ1v) is 5.21. The Morgan fingerprint density at radius 2 is 2.12 bits per heavy atom. The van der Waals surface area contributed by atoms with Crippen molar-refractivity contribution in [1.29, 1.82) is 0 Å². The van der Waals surface area contributed by atoms with Crippen LogP contribution in [0, 0.1) is 0 Å². The van der Waals surface area contributed by atoms with Crippen LogP contribution in [0.2, 0.25) is 0 Å². The number of anilines is 1. The number of methoxy groups -OCH3 is 1. The number of aromatic nitrogens is 4. The first kappa shape index (κ1) is 10.6. The molecule has 2 N–H and O–H groups in total. The van der Waals surface area contributed by atoms with E-state index in [2.05, 4.69) is 19.9 Å². The van der Waals surface area contributed by atoms with Crippen molar-refractivity contribution >= 4 is 17.6 Å². The van der Waals surface area contributed by atoms with Crippen LogP contribution in [0.3, 0.4) is 0 Å². The summed E-state index contributed by atoms with van der Waals surface area (Å²) in [7, 11) is 1.52. The van der Waals surface area contributed by atoms with Gasteiger partial charge in [0.1, 0.15) is 11.4 Å². The van der Waals surface area contributed by atoms with E-state index in [1.54, 1.807) is 18.6 Å². The topological polar surface area (TPSA) is 86.8 Å². The number of hydrogen-bond acceptors (Lipinski definition) is 7. The summed E-state index contributed by atoms with van der Waals surface area (Å²) in [6.07, 6.45) is 6.24. The molecule has 2 rings (SSSR count).